The lowest BCUT2D eigenvalue weighted by Gasteiger charge is -2.45. The van der Waals surface area contributed by atoms with Crippen LogP contribution < -0.4 is 5.32 Å². The number of fused-ring (bicyclic) bond motifs is 1. The molecule has 2 aliphatic heterocycles. The Balaban J connectivity index is 1.23. The Morgan fingerprint density at radius 2 is 2.03 bits per heavy atom. The minimum atomic E-state index is -2.81. The molecule has 198 valence electrons. The summed E-state index contributed by atoms with van der Waals surface area (Å²) in [4.78, 5) is 10.8. The summed E-state index contributed by atoms with van der Waals surface area (Å²) in [5, 5.41) is 18.4. The van der Waals surface area contributed by atoms with Gasteiger partial charge in [-0.15, -0.1) is 0 Å². The number of hydrogen-bond donors (Lipinski definition) is 2. The van der Waals surface area contributed by atoms with E-state index in [1.54, 1.807) is 18.3 Å². The van der Waals surface area contributed by atoms with Gasteiger partial charge in [-0.05, 0) is 37.6 Å². The van der Waals surface area contributed by atoms with Crippen molar-refractivity contribution in [1.29, 1.82) is 0 Å². The molecule has 5 atom stereocenters. The zero-order valence-corrected chi connectivity index (χ0v) is 21.4. The SMILES string of the molecule is CC1(N2CC[C@H](c3cc4nc(Nc5cnn(C6CC6(F)F)c5Cl)ncc4cc3Cl)[C@@H](F)C2)COC[C@@H]1O. The number of hydrogen-bond acceptors (Lipinski definition) is 7. The molecule has 1 saturated carbocycles. The summed E-state index contributed by atoms with van der Waals surface area (Å²) in [6.07, 6.45) is 1.29. The number of nitrogens with one attached hydrogen (secondary N) is 1. The monoisotopic (exact) mass is 556 g/mol. The van der Waals surface area contributed by atoms with Gasteiger partial charge in [0, 0.05) is 35.5 Å². The Labute approximate surface area is 220 Å². The van der Waals surface area contributed by atoms with E-state index in [1.165, 1.54) is 6.20 Å². The summed E-state index contributed by atoms with van der Waals surface area (Å²) >= 11 is 12.8. The van der Waals surface area contributed by atoms with Gasteiger partial charge in [-0.3, -0.25) is 4.90 Å². The summed E-state index contributed by atoms with van der Waals surface area (Å²) < 4.78 is 48.9. The molecule has 2 N–H and O–H groups in total. The molecule has 2 aromatic heterocycles. The number of rotatable bonds is 5. The topological polar surface area (TPSA) is 88.3 Å². The van der Waals surface area contributed by atoms with E-state index < -0.39 is 35.7 Å². The van der Waals surface area contributed by atoms with Crippen LogP contribution in [0.2, 0.25) is 10.2 Å². The number of alkyl halides is 3. The minimum absolute atomic E-state index is 0.0428. The molecule has 2 saturated heterocycles. The molecule has 3 aliphatic rings. The average molecular weight is 557 g/mol. The molecule has 0 bridgehead atoms. The number of aromatic nitrogens is 4. The first-order valence-electron chi connectivity index (χ1n) is 12.1. The van der Waals surface area contributed by atoms with Crippen molar-refractivity contribution >= 4 is 45.7 Å². The summed E-state index contributed by atoms with van der Waals surface area (Å²) in [5.41, 5.74) is 0.901. The van der Waals surface area contributed by atoms with Gasteiger partial charge in [0.15, 0.2) is 5.15 Å². The first-order chi connectivity index (χ1) is 17.6. The molecule has 0 radical (unpaired) electrons. The van der Waals surface area contributed by atoms with Gasteiger partial charge in [0.1, 0.15) is 12.2 Å². The van der Waals surface area contributed by atoms with E-state index in [1.807, 2.05) is 11.8 Å². The highest BCUT2D eigenvalue weighted by Crippen LogP contribution is 2.53. The molecule has 37 heavy (non-hydrogen) atoms. The smallest absolute Gasteiger partial charge is 0.272 e. The Bertz CT molecular complexity index is 1360. The van der Waals surface area contributed by atoms with Crippen LogP contribution in [0.4, 0.5) is 24.8 Å². The highest BCUT2D eigenvalue weighted by atomic mass is 35.5. The number of likely N-dealkylation sites (tertiary alicyclic amines) is 1. The second-order valence-corrected chi connectivity index (χ2v) is 11.0. The van der Waals surface area contributed by atoms with Crippen molar-refractivity contribution in [3.8, 4) is 0 Å². The molecule has 0 amide bonds. The van der Waals surface area contributed by atoms with Crippen LogP contribution in [0.25, 0.3) is 10.9 Å². The van der Waals surface area contributed by atoms with Crippen molar-refractivity contribution in [2.45, 2.75) is 55.5 Å². The van der Waals surface area contributed by atoms with E-state index in [9.17, 15) is 13.9 Å². The quantitative estimate of drug-likeness (QED) is 0.469. The lowest BCUT2D eigenvalue weighted by molar-refractivity contribution is -0.0238. The zero-order valence-electron chi connectivity index (χ0n) is 19.8. The normalized spacial score (nSPS) is 31.6. The van der Waals surface area contributed by atoms with Crippen LogP contribution in [0.1, 0.15) is 37.3 Å². The molecule has 13 heteroatoms. The number of aliphatic hydroxyl groups excluding tert-OH is 1. The molecule has 4 heterocycles. The molecule has 3 aromatic rings. The Morgan fingerprint density at radius 3 is 2.70 bits per heavy atom. The van der Waals surface area contributed by atoms with Crippen LogP contribution in [-0.2, 0) is 4.74 Å². The van der Waals surface area contributed by atoms with Gasteiger partial charge >= 0.3 is 0 Å². The predicted octanol–water partition coefficient (Wildman–Crippen LogP) is 4.73. The van der Waals surface area contributed by atoms with Gasteiger partial charge in [0.2, 0.25) is 5.95 Å². The predicted molar refractivity (Wildman–Crippen MR) is 133 cm³/mol. The minimum Gasteiger partial charge on any atom is -0.389 e. The molecule has 2 unspecified atom stereocenters. The van der Waals surface area contributed by atoms with Crippen LogP contribution in [-0.4, -0.2) is 79.8 Å². The van der Waals surface area contributed by atoms with E-state index in [0.29, 0.717) is 46.7 Å². The third-order valence-electron chi connectivity index (χ3n) is 7.82. The maximum absolute atomic E-state index is 15.5. The van der Waals surface area contributed by atoms with Crippen molar-refractivity contribution in [2.24, 2.45) is 0 Å². The van der Waals surface area contributed by atoms with E-state index in [2.05, 4.69) is 20.4 Å². The Kier molecular flexibility index (Phi) is 6.07. The summed E-state index contributed by atoms with van der Waals surface area (Å²) in [7, 11) is 0. The first-order valence-corrected chi connectivity index (χ1v) is 12.8. The second-order valence-electron chi connectivity index (χ2n) is 10.3. The van der Waals surface area contributed by atoms with Crippen LogP contribution >= 0.6 is 23.2 Å². The van der Waals surface area contributed by atoms with Crippen LogP contribution in [0, 0.1) is 0 Å². The van der Waals surface area contributed by atoms with E-state index >= 15 is 4.39 Å². The number of halogens is 5. The van der Waals surface area contributed by atoms with Crippen molar-refractivity contribution in [2.75, 3.05) is 31.6 Å². The summed E-state index contributed by atoms with van der Waals surface area (Å²) in [6, 6.07) is 2.43. The third-order valence-corrected chi connectivity index (χ3v) is 8.52. The fourth-order valence-corrected chi connectivity index (χ4v) is 5.89. The number of piperidine rings is 1. The van der Waals surface area contributed by atoms with Gasteiger partial charge in [0.05, 0.1) is 42.3 Å². The fraction of sp³-hybridized carbons (Fsp3) is 0.542. The standard InChI is InChI=1S/C24H25Cl2F3N6O2/c1-23(11-37-10-20(23)36)34-3-2-13(16(27)9-34)14-5-17-12(4-15(14)25)7-30-22(32-17)33-18-8-31-35(21(18)26)19-6-24(19,28)29/h4-5,7-8,13,16,19-20,36H,2-3,6,9-11H2,1H3,(H,30,32,33)/t13-,16+,19?,20+,23?/m1/s1. The molecule has 1 aliphatic carbocycles. The largest absolute Gasteiger partial charge is 0.389 e. The summed E-state index contributed by atoms with van der Waals surface area (Å²) in [6.45, 7) is 3.27. The van der Waals surface area contributed by atoms with Crippen LogP contribution in [0.15, 0.2) is 24.5 Å². The van der Waals surface area contributed by atoms with Crippen molar-refractivity contribution in [3.63, 3.8) is 0 Å². The molecular formula is C24H25Cl2F3N6O2. The number of ether oxygens (including phenoxy) is 1. The van der Waals surface area contributed by atoms with Crippen molar-refractivity contribution < 1.29 is 23.0 Å². The number of benzene rings is 1. The van der Waals surface area contributed by atoms with Gasteiger partial charge in [-0.25, -0.2) is 27.8 Å². The van der Waals surface area contributed by atoms with Crippen LogP contribution in [0.5, 0.6) is 0 Å². The maximum Gasteiger partial charge on any atom is 0.272 e. The Morgan fingerprint density at radius 1 is 1.24 bits per heavy atom. The van der Waals surface area contributed by atoms with E-state index in [-0.39, 0.29) is 30.7 Å². The zero-order chi connectivity index (χ0) is 26.1. The fourth-order valence-electron chi connectivity index (χ4n) is 5.32. The molecule has 6 rings (SSSR count). The molecule has 1 aromatic carbocycles. The highest BCUT2D eigenvalue weighted by Gasteiger charge is 2.59. The summed E-state index contributed by atoms with van der Waals surface area (Å²) in [5.74, 6) is -3.05. The molecule has 8 nitrogen and oxygen atoms in total. The van der Waals surface area contributed by atoms with Gasteiger partial charge in [-0.2, -0.15) is 5.10 Å². The van der Waals surface area contributed by atoms with E-state index in [0.717, 1.165) is 4.68 Å². The lowest BCUT2D eigenvalue weighted by atomic mass is 9.84. The maximum atomic E-state index is 15.5. The second kappa shape index (κ2) is 8.94. The molecular weight excluding hydrogens is 532 g/mol. The van der Waals surface area contributed by atoms with Gasteiger partial charge in [0.25, 0.3) is 5.92 Å². The van der Waals surface area contributed by atoms with Crippen LogP contribution in [0.3, 0.4) is 0 Å². The van der Waals surface area contributed by atoms with Crippen molar-refractivity contribution in [3.05, 3.63) is 40.3 Å². The van der Waals surface area contributed by atoms with Crippen molar-refractivity contribution in [1.82, 2.24) is 24.6 Å². The molecule has 0 spiro atoms. The number of aliphatic hydroxyl groups is 1. The van der Waals surface area contributed by atoms with Gasteiger partial charge in [-0.1, -0.05) is 23.2 Å². The highest BCUT2D eigenvalue weighted by molar-refractivity contribution is 6.32. The average Bonchev–Trinajstić information content (AvgIpc) is 3.13. The first kappa shape index (κ1) is 25.1. The van der Waals surface area contributed by atoms with E-state index in [4.69, 9.17) is 27.9 Å². The lowest BCUT2D eigenvalue weighted by Crippen LogP contribution is -2.58. The van der Waals surface area contributed by atoms with Gasteiger partial charge < -0.3 is 15.2 Å². The molecule has 3 fully saturated rings. The number of nitrogens with zero attached hydrogens (tertiary/aromatic N) is 5. The Hall–Kier alpha value is -2.18. The number of anilines is 2. The third kappa shape index (κ3) is 4.34.